The molecule has 2 nitrogen and oxygen atoms in total. The molecule has 0 fully saturated rings. The van der Waals surface area contributed by atoms with Crippen molar-refractivity contribution in [2.75, 3.05) is 0 Å². The average molecular weight is 218 g/mol. The monoisotopic (exact) mass is 218 g/mol. The molecule has 0 unspecified atom stereocenters. The maximum absolute atomic E-state index is 4.43. The highest BCUT2D eigenvalue weighted by Crippen LogP contribution is 2.07. The molecule has 2 aromatic heterocycles. The number of pyridine rings is 1. The van der Waals surface area contributed by atoms with Gasteiger partial charge in [-0.15, -0.1) is 11.3 Å². The summed E-state index contributed by atoms with van der Waals surface area (Å²) in [6, 6.07) is 10.3. The summed E-state index contributed by atoms with van der Waals surface area (Å²) in [5, 5.41) is 5.48. The number of hydrogen-bond donors (Lipinski definition) is 1. The fraction of sp³-hybridized carbons (Fsp3) is 0.250. The average Bonchev–Trinajstić information content (AvgIpc) is 2.71. The number of aromatic nitrogens is 1. The normalized spacial score (nSPS) is 10.5. The smallest absolute Gasteiger partial charge is 0.0544 e. The third-order valence-corrected chi connectivity index (χ3v) is 3.01. The van der Waals surface area contributed by atoms with Gasteiger partial charge in [0.2, 0.25) is 0 Å². The van der Waals surface area contributed by atoms with Crippen molar-refractivity contribution in [3.05, 3.63) is 52.0 Å². The molecule has 0 aromatic carbocycles. The van der Waals surface area contributed by atoms with Crippen molar-refractivity contribution in [1.82, 2.24) is 10.3 Å². The molecule has 15 heavy (non-hydrogen) atoms. The molecular weight excluding hydrogens is 204 g/mol. The van der Waals surface area contributed by atoms with Crippen molar-refractivity contribution < 1.29 is 0 Å². The summed E-state index contributed by atoms with van der Waals surface area (Å²) >= 11 is 1.78. The van der Waals surface area contributed by atoms with Gasteiger partial charge < -0.3 is 5.32 Å². The zero-order valence-electron chi connectivity index (χ0n) is 8.73. The van der Waals surface area contributed by atoms with E-state index in [1.807, 2.05) is 19.1 Å². The molecule has 78 valence electrons. The summed E-state index contributed by atoms with van der Waals surface area (Å²) in [5.41, 5.74) is 2.18. The van der Waals surface area contributed by atoms with Gasteiger partial charge >= 0.3 is 0 Å². The van der Waals surface area contributed by atoms with E-state index in [0.29, 0.717) is 0 Å². The van der Waals surface area contributed by atoms with Gasteiger partial charge in [-0.05, 0) is 30.5 Å². The Morgan fingerprint density at radius 1 is 1.20 bits per heavy atom. The van der Waals surface area contributed by atoms with E-state index >= 15 is 0 Å². The van der Waals surface area contributed by atoms with Gasteiger partial charge in [-0.25, -0.2) is 0 Å². The first-order valence-corrected chi connectivity index (χ1v) is 5.88. The molecule has 0 saturated carbocycles. The Bertz CT molecular complexity index is 409. The molecule has 2 rings (SSSR count). The SMILES string of the molecule is Cc1cccc(CNCc2cccs2)n1. The number of aryl methyl sites for hydroxylation is 1. The fourth-order valence-corrected chi connectivity index (χ4v) is 2.10. The van der Waals surface area contributed by atoms with Crippen molar-refractivity contribution in [3.63, 3.8) is 0 Å². The lowest BCUT2D eigenvalue weighted by Crippen LogP contribution is -2.12. The van der Waals surface area contributed by atoms with Crippen molar-refractivity contribution in [1.29, 1.82) is 0 Å². The summed E-state index contributed by atoms with van der Waals surface area (Å²) in [4.78, 5) is 5.80. The first-order chi connectivity index (χ1) is 7.34. The molecule has 0 saturated heterocycles. The van der Waals surface area contributed by atoms with Crippen LogP contribution in [0, 0.1) is 6.92 Å². The van der Waals surface area contributed by atoms with E-state index in [2.05, 4.69) is 33.9 Å². The predicted octanol–water partition coefficient (Wildman–Crippen LogP) is 2.74. The van der Waals surface area contributed by atoms with E-state index in [0.717, 1.165) is 24.5 Å². The van der Waals surface area contributed by atoms with Crippen LogP contribution >= 0.6 is 11.3 Å². The van der Waals surface area contributed by atoms with Crippen LogP contribution in [-0.2, 0) is 13.1 Å². The number of nitrogens with zero attached hydrogens (tertiary/aromatic N) is 1. The highest BCUT2D eigenvalue weighted by molar-refractivity contribution is 7.09. The van der Waals surface area contributed by atoms with E-state index in [4.69, 9.17) is 0 Å². The van der Waals surface area contributed by atoms with Crippen LogP contribution in [0.5, 0.6) is 0 Å². The molecule has 0 spiro atoms. The van der Waals surface area contributed by atoms with Crippen LogP contribution in [0.1, 0.15) is 16.3 Å². The second-order valence-corrected chi connectivity index (χ2v) is 4.49. The molecule has 3 heteroatoms. The topological polar surface area (TPSA) is 24.9 Å². The van der Waals surface area contributed by atoms with Crippen LogP contribution in [0.2, 0.25) is 0 Å². The quantitative estimate of drug-likeness (QED) is 0.853. The van der Waals surface area contributed by atoms with Crippen molar-refractivity contribution in [3.8, 4) is 0 Å². The fourth-order valence-electron chi connectivity index (χ4n) is 1.42. The lowest BCUT2D eigenvalue weighted by atomic mass is 10.3. The first kappa shape index (κ1) is 10.3. The number of hydrogen-bond acceptors (Lipinski definition) is 3. The van der Waals surface area contributed by atoms with Crippen LogP contribution in [-0.4, -0.2) is 4.98 Å². The third-order valence-electron chi connectivity index (χ3n) is 2.13. The van der Waals surface area contributed by atoms with Crippen molar-refractivity contribution >= 4 is 11.3 Å². The number of rotatable bonds is 4. The highest BCUT2D eigenvalue weighted by atomic mass is 32.1. The van der Waals surface area contributed by atoms with Crippen molar-refractivity contribution in [2.24, 2.45) is 0 Å². The Labute approximate surface area is 94.0 Å². The van der Waals surface area contributed by atoms with Gasteiger partial charge in [0.25, 0.3) is 0 Å². The van der Waals surface area contributed by atoms with Crippen LogP contribution in [0.3, 0.4) is 0 Å². The Morgan fingerprint density at radius 3 is 2.87 bits per heavy atom. The molecule has 1 N–H and O–H groups in total. The molecular formula is C12H14N2S. The van der Waals surface area contributed by atoms with Gasteiger partial charge in [-0.2, -0.15) is 0 Å². The van der Waals surface area contributed by atoms with E-state index in [1.54, 1.807) is 11.3 Å². The molecule has 0 aliphatic rings. The van der Waals surface area contributed by atoms with Crippen LogP contribution in [0.4, 0.5) is 0 Å². The lowest BCUT2D eigenvalue weighted by Gasteiger charge is -2.03. The predicted molar refractivity (Wildman–Crippen MR) is 63.8 cm³/mol. The molecule has 0 bridgehead atoms. The summed E-state index contributed by atoms with van der Waals surface area (Å²) in [7, 11) is 0. The van der Waals surface area contributed by atoms with Crippen LogP contribution in [0.25, 0.3) is 0 Å². The van der Waals surface area contributed by atoms with E-state index in [9.17, 15) is 0 Å². The lowest BCUT2D eigenvalue weighted by molar-refractivity contribution is 0.685. The zero-order valence-corrected chi connectivity index (χ0v) is 9.55. The first-order valence-electron chi connectivity index (χ1n) is 5.00. The largest absolute Gasteiger partial charge is 0.306 e. The Morgan fingerprint density at radius 2 is 2.13 bits per heavy atom. The second-order valence-electron chi connectivity index (χ2n) is 3.45. The van der Waals surface area contributed by atoms with Gasteiger partial charge in [0.05, 0.1) is 5.69 Å². The zero-order chi connectivity index (χ0) is 10.5. The molecule has 0 radical (unpaired) electrons. The Hall–Kier alpha value is -1.19. The third kappa shape index (κ3) is 3.15. The second kappa shape index (κ2) is 5.05. The highest BCUT2D eigenvalue weighted by Gasteiger charge is 1.95. The summed E-state index contributed by atoms with van der Waals surface area (Å²) < 4.78 is 0. The standard InChI is InChI=1S/C12H14N2S/c1-10-4-2-5-11(14-10)8-13-9-12-6-3-7-15-12/h2-7,13H,8-9H2,1H3. The van der Waals surface area contributed by atoms with Crippen molar-refractivity contribution in [2.45, 2.75) is 20.0 Å². The molecule has 0 atom stereocenters. The van der Waals surface area contributed by atoms with E-state index in [-0.39, 0.29) is 0 Å². The number of thiophene rings is 1. The van der Waals surface area contributed by atoms with Gasteiger partial charge in [0.1, 0.15) is 0 Å². The van der Waals surface area contributed by atoms with Crippen LogP contribution in [0.15, 0.2) is 35.7 Å². The molecule has 2 heterocycles. The van der Waals surface area contributed by atoms with E-state index in [1.165, 1.54) is 4.88 Å². The molecule has 0 aliphatic heterocycles. The summed E-state index contributed by atoms with van der Waals surface area (Å²) in [6.07, 6.45) is 0. The minimum Gasteiger partial charge on any atom is -0.306 e. The number of nitrogens with one attached hydrogen (secondary N) is 1. The van der Waals surface area contributed by atoms with Crippen LogP contribution < -0.4 is 5.32 Å². The molecule has 2 aromatic rings. The van der Waals surface area contributed by atoms with Gasteiger partial charge in [-0.1, -0.05) is 12.1 Å². The van der Waals surface area contributed by atoms with Gasteiger partial charge in [0, 0.05) is 23.7 Å². The minimum absolute atomic E-state index is 0.833. The Balaban J connectivity index is 1.83. The maximum atomic E-state index is 4.43. The van der Waals surface area contributed by atoms with Gasteiger partial charge in [0.15, 0.2) is 0 Å². The summed E-state index contributed by atoms with van der Waals surface area (Å²) in [6.45, 7) is 3.77. The maximum Gasteiger partial charge on any atom is 0.0544 e. The van der Waals surface area contributed by atoms with E-state index < -0.39 is 0 Å². The molecule has 0 aliphatic carbocycles. The summed E-state index contributed by atoms with van der Waals surface area (Å²) in [5.74, 6) is 0. The Kier molecular flexibility index (Phi) is 3.48. The molecule has 0 amide bonds. The van der Waals surface area contributed by atoms with Gasteiger partial charge in [-0.3, -0.25) is 4.98 Å². The minimum atomic E-state index is 0.833.